The van der Waals surface area contributed by atoms with Gasteiger partial charge in [0.1, 0.15) is 17.6 Å². The number of carbonyl (C=O) groups excluding carboxylic acids is 2. The number of nitrogens with zero attached hydrogens (tertiary/aromatic N) is 4. The molecule has 5 aromatic rings. The lowest BCUT2D eigenvalue weighted by Gasteiger charge is -2.22. The maximum absolute atomic E-state index is 14.7. The van der Waals surface area contributed by atoms with E-state index in [0.29, 0.717) is 11.8 Å². The first-order chi connectivity index (χ1) is 22.4. The van der Waals surface area contributed by atoms with E-state index in [1.165, 1.54) is 56.8 Å². The normalized spacial score (nSPS) is 12.0. The molecule has 2 amide bonds. The minimum absolute atomic E-state index is 0.0372. The number of pyridine rings is 1. The molecule has 0 radical (unpaired) electrons. The molecule has 0 saturated heterocycles. The standard InChI is InChI=1S/C32H25ClF4N6O4/c1-38-30(45)21-10-9-20(14-24(21)34)39-31(46)26(12-18-6-4-3-5-7-18)42-16-27(47-2)23(15-29(42)44)22-13-19(33)8-11-25(22)43-17-28(40-41-43)32(35,36)37/h3-11,13-17,26H,12H2,1-2H3,(H,38,45)(H,39,46). The number of halogens is 5. The highest BCUT2D eigenvalue weighted by atomic mass is 35.5. The van der Waals surface area contributed by atoms with Gasteiger partial charge >= 0.3 is 6.18 Å². The SMILES string of the molecule is CNC(=O)c1ccc(NC(=O)C(Cc2ccccc2)n2cc(OC)c(-c3cc(Cl)ccc3-n3cc(C(F)(F)F)nn3)cc2=O)cc1F. The summed E-state index contributed by atoms with van der Waals surface area (Å²) in [5.41, 5.74) is -0.888. The highest BCUT2D eigenvalue weighted by Crippen LogP contribution is 2.36. The summed E-state index contributed by atoms with van der Waals surface area (Å²) in [5, 5.41) is 12.0. The number of hydrogen-bond donors (Lipinski definition) is 2. The Labute approximate surface area is 269 Å². The number of ether oxygens (including phenoxy) is 1. The number of benzene rings is 3. The Morgan fingerprint density at radius 1 is 1.00 bits per heavy atom. The molecule has 15 heteroatoms. The van der Waals surface area contributed by atoms with Crippen LogP contribution in [0.5, 0.6) is 5.75 Å². The van der Waals surface area contributed by atoms with E-state index in [4.69, 9.17) is 16.3 Å². The van der Waals surface area contributed by atoms with Crippen molar-refractivity contribution in [3.8, 4) is 22.6 Å². The van der Waals surface area contributed by atoms with Gasteiger partial charge in [-0.25, -0.2) is 9.07 Å². The average molecular weight is 669 g/mol. The Balaban J connectivity index is 1.58. The molecule has 0 aliphatic rings. The van der Waals surface area contributed by atoms with Gasteiger partial charge in [0.2, 0.25) is 5.91 Å². The van der Waals surface area contributed by atoms with Crippen molar-refractivity contribution in [1.82, 2.24) is 24.9 Å². The van der Waals surface area contributed by atoms with Gasteiger partial charge in [-0.3, -0.25) is 19.0 Å². The van der Waals surface area contributed by atoms with Gasteiger partial charge in [0.15, 0.2) is 5.69 Å². The van der Waals surface area contributed by atoms with Crippen LogP contribution in [-0.4, -0.2) is 45.5 Å². The summed E-state index contributed by atoms with van der Waals surface area (Å²) in [5.74, 6) is -2.11. The summed E-state index contributed by atoms with van der Waals surface area (Å²) >= 11 is 6.25. The Morgan fingerprint density at radius 3 is 2.38 bits per heavy atom. The fraction of sp³-hybridized carbons (Fsp3) is 0.156. The Morgan fingerprint density at radius 2 is 1.74 bits per heavy atom. The van der Waals surface area contributed by atoms with Crippen molar-refractivity contribution in [3.05, 3.63) is 123 Å². The van der Waals surface area contributed by atoms with E-state index in [-0.39, 0.29) is 45.3 Å². The van der Waals surface area contributed by atoms with E-state index in [9.17, 15) is 31.9 Å². The average Bonchev–Trinajstić information content (AvgIpc) is 3.55. The van der Waals surface area contributed by atoms with Gasteiger partial charge in [-0.15, -0.1) is 5.10 Å². The molecule has 0 fully saturated rings. The predicted molar refractivity (Wildman–Crippen MR) is 165 cm³/mol. The fourth-order valence-electron chi connectivity index (χ4n) is 4.87. The first-order valence-corrected chi connectivity index (χ1v) is 14.2. The van der Waals surface area contributed by atoms with Crippen LogP contribution < -0.4 is 20.9 Å². The molecule has 2 heterocycles. The molecule has 2 aromatic heterocycles. The third-order valence-corrected chi connectivity index (χ3v) is 7.40. The summed E-state index contributed by atoms with van der Waals surface area (Å²) in [6.07, 6.45) is -2.71. The quantitative estimate of drug-likeness (QED) is 0.195. The lowest BCUT2D eigenvalue weighted by molar-refractivity contribution is -0.141. The zero-order valence-corrected chi connectivity index (χ0v) is 25.4. The first kappa shape index (κ1) is 32.9. The highest BCUT2D eigenvalue weighted by Gasteiger charge is 2.35. The van der Waals surface area contributed by atoms with Gasteiger partial charge in [-0.1, -0.05) is 47.1 Å². The van der Waals surface area contributed by atoms with Crippen molar-refractivity contribution in [3.63, 3.8) is 0 Å². The Bertz CT molecular complexity index is 2010. The number of aromatic nitrogens is 4. The Hall–Kier alpha value is -5.50. The number of carbonyl (C=O) groups is 2. The van der Waals surface area contributed by atoms with Gasteiger partial charge in [0.25, 0.3) is 11.5 Å². The van der Waals surface area contributed by atoms with E-state index >= 15 is 0 Å². The van der Waals surface area contributed by atoms with Gasteiger partial charge in [-0.2, -0.15) is 13.2 Å². The van der Waals surface area contributed by atoms with Crippen molar-refractivity contribution in [2.45, 2.75) is 18.6 Å². The van der Waals surface area contributed by atoms with Crippen LogP contribution in [0, 0.1) is 5.82 Å². The summed E-state index contributed by atoms with van der Waals surface area (Å²) in [7, 11) is 2.67. The topological polar surface area (TPSA) is 120 Å². The number of hydrogen-bond acceptors (Lipinski definition) is 6. The van der Waals surface area contributed by atoms with Crippen molar-refractivity contribution >= 4 is 29.1 Å². The molecule has 1 unspecified atom stereocenters. The van der Waals surface area contributed by atoms with Gasteiger partial charge in [0, 0.05) is 41.4 Å². The number of rotatable bonds is 9. The van der Waals surface area contributed by atoms with Crippen LogP contribution in [0.2, 0.25) is 5.02 Å². The van der Waals surface area contributed by atoms with Crippen LogP contribution in [-0.2, 0) is 17.4 Å². The second-order valence-electron chi connectivity index (χ2n) is 10.2. The largest absolute Gasteiger partial charge is 0.495 e. The summed E-state index contributed by atoms with van der Waals surface area (Å²) in [6, 6.07) is 16.7. The van der Waals surface area contributed by atoms with E-state index < -0.39 is 41.1 Å². The lowest BCUT2D eigenvalue weighted by Crippen LogP contribution is -2.34. The minimum Gasteiger partial charge on any atom is -0.495 e. The zero-order chi connectivity index (χ0) is 33.9. The third kappa shape index (κ3) is 7.17. The second kappa shape index (κ2) is 13.5. The molecule has 0 saturated carbocycles. The molecule has 242 valence electrons. The van der Waals surface area contributed by atoms with Crippen molar-refractivity contribution < 1.29 is 31.9 Å². The third-order valence-electron chi connectivity index (χ3n) is 7.16. The highest BCUT2D eigenvalue weighted by molar-refractivity contribution is 6.31. The smallest absolute Gasteiger partial charge is 0.436 e. The summed E-state index contributed by atoms with van der Waals surface area (Å²) in [4.78, 5) is 39.4. The summed E-state index contributed by atoms with van der Waals surface area (Å²) in [6.45, 7) is 0. The zero-order valence-electron chi connectivity index (χ0n) is 24.7. The molecular formula is C32H25ClF4N6O4. The number of alkyl halides is 3. The molecule has 3 aromatic carbocycles. The maximum Gasteiger partial charge on any atom is 0.436 e. The number of nitrogens with one attached hydrogen (secondary N) is 2. The number of methoxy groups -OCH3 is 1. The molecule has 0 spiro atoms. The van der Waals surface area contributed by atoms with Crippen LogP contribution in [0.1, 0.15) is 27.7 Å². The first-order valence-electron chi connectivity index (χ1n) is 13.9. The predicted octanol–water partition coefficient (Wildman–Crippen LogP) is 5.70. The number of anilines is 1. The Kier molecular flexibility index (Phi) is 9.42. The maximum atomic E-state index is 14.7. The van der Waals surface area contributed by atoms with Crippen LogP contribution in [0.25, 0.3) is 16.8 Å². The van der Waals surface area contributed by atoms with Crippen molar-refractivity contribution in [2.24, 2.45) is 0 Å². The van der Waals surface area contributed by atoms with Crippen LogP contribution >= 0.6 is 11.6 Å². The van der Waals surface area contributed by atoms with E-state index in [1.807, 2.05) is 0 Å². The van der Waals surface area contributed by atoms with Crippen LogP contribution in [0.3, 0.4) is 0 Å². The molecule has 5 rings (SSSR count). The molecule has 1 atom stereocenters. The molecule has 0 bridgehead atoms. The lowest BCUT2D eigenvalue weighted by atomic mass is 10.0. The monoisotopic (exact) mass is 668 g/mol. The van der Waals surface area contributed by atoms with Crippen LogP contribution in [0.15, 0.2) is 90.0 Å². The van der Waals surface area contributed by atoms with Gasteiger partial charge in [0.05, 0.1) is 30.8 Å². The molecular weight excluding hydrogens is 644 g/mol. The van der Waals surface area contributed by atoms with Crippen molar-refractivity contribution in [2.75, 3.05) is 19.5 Å². The van der Waals surface area contributed by atoms with Crippen molar-refractivity contribution in [1.29, 1.82) is 0 Å². The molecule has 47 heavy (non-hydrogen) atoms. The molecule has 10 nitrogen and oxygen atoms in total. The van der Waals surface area contributed by atoms with E-state index in [2.05, 4.69) is 20.9 Å². The fourth-order valence-corrected chi connectivity index (χ4v) is 5.04. The molecule has 2 N–H and O–H groups in total. The molecule has 0 aliphatic carbocycles. The molecule has 0 aliphatic heterocycles. The van der Waals surface area contributed by atoms with Gasteiger partial charge < -0.3 is 15.4 Å². The summed E-state index contributed by atoms with van der Waals surface area (Å²) < 4.78 is 62.1. The minimum atomic E-state index is -4.74. The second-order valence-corrected chi connectivity index (χ2v) is 10.6. The van der Waals surface area contributed by atoms with Gasteiger partial charge in [-0.05, 0) is 42.0 Å². The number of amides is 2. The van der Waals surface area contributed by atoms with E-state index in [0.717, 1.165) is 15.3 Å². The van der Waals surface area contributed by atoms with E-state index in [1.54, 1.807) is 30.3 Å². The van der Waals surface area contributed by atoms with Crippen LogP contribution in [0.4, 0.5) is 23.2 Å².